The number of hydrogen-bond donors (Lipinski definition) is 3. The van der Waals surface area contributed by atoms with E-state index in [4.69, 9.17) is 14.6 Å². The summed E-state index contributed by atoms with van der Waals surface area (Å²) in [5.74, 6) is -0.243. The summed E-state index contributed by atoms with van der Waals surface area (Å²) in [4.78, 5) is 37.3. The number of likely N-dealkylation sites (N-methyl/N-ethyl adjacent to an activating group) is 1. The monoisotopic (exact) mass is 435 g/mol. The number of nitrogens with zero attached hydrogens (tertiary/aromatic N) is 2. The number of aliphatic hydroxyl groups is 1. The average molecular weight is 436 g/mol. The number of amides is 2. The van der Waals surface area contributed by atoms with E-state index in [2.05, 4.69) is 17.3 Å². The van der Waals surface area contributed by atoms with E-state index < -0.39 is 6.10 Å². The summed E-state index contributed by atoms with van der Waals surface area (Å²) in [6, 6.07) is 9.36. The zero-order chi connectivity index (χ0) is 22.6. The van der Waals surface area contributed by atoms with E-state index in [0.29, 0.717) is 25.9 Å². The minimum Gasteiger partial charge on any atom is -0.483 e. The van der Waals surface area contributed by atoms with E-state index >= 15 is 0 Å². The van der Waals surface area contributed by atoms with Crippen molar-refractivity contribution in [3.63, 3.8) is 0 Å². The number of rotatable bonds is 6. The highest BCUT2D eigenvalue weighted by Crippen LogP contribution is 2.27. The number of aliphatic hydroxyl groups excluding tert-OH is 1. The smallest absolute Gasteiger partial charge is 0.290 e. The van der Waals surface area contributed by atoms with E-state index in [0.717, 1.165) is 31.7 Å². The molecular formula is C22H33N3O6. The fraction of sp³-hybridized carbons (Fsp3) is 0.591. The minimum absolute atomic E-state index is 0.0399. The van der Waals surface area contributed by atoms with Gasteiger partial charge in [-0.1, -0.05) is 30.3 Å². The third kappa shape index (κ3) is 8.28. The standard InChI is InChI=1S/C21H31N3O4.CH2O2/c1-23-9-11-24(12-10-23)21(27)17-7-8-18(19(25)13-17)22-20(26)15-28-14-16-5-3-2-4-6-16;2-1-3/h2-6,17-19,25H,7-15H2,1H3,(H,22,26);1H,(H,2,3)/t17-,18-,19-;/m0./s1. The lowest BCUT2D eigenvalue weighted by Crippen LogP contribution is -2.53. The summed E-state index contributed by atoms with van der Waals surface area (Å²) in [7, 11) is 2.06. The molecule has 1 aromatic rings. The minimum atomic E-state index is -0.701. The Morgan fingerprint density at radius 1 is 1.16 bits per heavy atom. The molecule has 1 aliphatic carbocycles. The molecule has 1 aromatic carbocycles. The Kier molecular flexibility index (Phi) is 10.4. The lowest BCUT2D eigenvalue weighted by molar-refractivity contribution is -0.140. The van der Waals surface area contributed by atoms with Gasteiger partial charge in [0.2, 0.25) is 11.8 Å². The van der Waals surface area contributed by atoms with Gasteiger partial charge in [0, 0.05) is 32.1 Å². The Bertz CT molecular complexity index is 694. The van der Waals surface area contributed by atoms with Crippen LogP contribution < -0.4 is 5.32 Å². The van der Waals surface area contributed by atoms with Crippen molar-refractivity contribution in [2.75, 3.05) is 39.8 Å². The van der Waals surface area contributed by atoms with Crippen molar-refractivity contribution < 1.29 is 29.3 Å². The van der Waals surface area contributed by atoms with Crippen LogP contribution in [0.4, 0.5) is 0 Å². The molecule has 172 valence electrons. The number of ether oxygens (including phenoxy) is 1. The van der Waals surface area contributed by atoms with Crippen LogP contribution in [0.25, 0.3) is 0 Å². The molecule has 2 fully saturated rings. The topological polar surface area (TPSA) is 119 Å². The Labute approximate surface area is 183 Å². The van der Waals surface area contributed by atoms with Gasteiger partial charge in [-0.15, -0.1) is 0 Å². The van der Waals surface area contributed by atoms with Crippen molar-refractivity contribution in [1.82, 2.24) is 15.1 Å². The fourth-order valence-electron chi connectivity index (χ4n) is 3.91. The fourth-order valence-corrected chi connectivity index (χ4v) is 3.91. The molecular weight excluding hydrogens is 402 g/mol. The van der Waals surface area contributed by atoms with Gasteiger partial charge in [-0.25, -0.2) is 0 Å². The van der Waals surface area contributed by atoms with Crippen LogP contribution in [0, 0.1) is 5.92 Å². The van der Waals surface area contributed by atoms with Crippen LogP contribution in [0.3, 0.4) is 0 Å². The summed E-state index contributed by atoms with van der Waals surface area (Å²) in [6.45, 7) is 3.37. The average Bonchev–Trinajstić information content (AvgIpc) is 2.76. The van der Waals surface area contributed by atoms with Gasteiger partial charge in [-0.2, -0.15) is 0 Å². The van der Waals surface area contributed by atoms with Crippen molar-refractivity contribution in [3.05, 3.63) is 35.9 Å². The second-order valence-electron chi connectivity index (χ2n) is 7.96. The number of piperazine rings is 1. The number of hydrogen-bond acceptors (Lipinski definition) is 6. The first-order chi connectivity index (χ1) is 14.9. The summed E-state index contributed by atoms with van der Waals surface area (Å²) < 4.78 is 5.45. The van der Waals surface area contributed by atoms with Crippen molar-refractivity contribution in [2.24, 2.45) is 5.92 Å². The van der Waals surface area contributed by atoms with E-state index in [1.54, 1.807) is 0 Å². The van der Waals surface area contributed by atoms with E-state index in [1.807, 2.05) is 35.2 Å². The summed E-state index contributed by atoms with van der Waals surface area (Å²) >= 11 is 0. The highest BCUT2D eigenvalue weighted by Gasteiger charge is 2.35. The van der Waals surface area contributed by atoms with Gasteiger partial charge >= 0.3 is 0 Å². The molecule has 2 aliphatic rings. The van der Waals surface area contributed by atoms with Gasteiger partial charge < -0.3 is 30.1 Å². The molecule has 31 heavy (non-hydrogen) atoms. The highest BCUT2D eigenvalue weighted by molar-refractivity contribution is 5.79. The molecule has 1 heterocycles. The maximum Gasteiger partial charge on any atom is 0.290 e. The first kappa shape index (κ1) is 24.8. The summed E-state index contributed by atoms with van der Waals surface area (Å²) in [5.41, 5.74) is 1.01. The second-order valence-corrected chi connectivity index (χ2v) is 7.96. The highest BCUT2D eigenvalue weighted by atomic mass is 16.5. The molecule has 0 unspecified atom stereocenters. The van der Waals surface area contributed by atoms with Crippen LogP contribution in [0.2, 0.25) is 0 Å². The Hall–Kier alpha value is -2.49. The van der Waals surface area contributed by atoms with Crippen LogP contribution >= 0.6 is 0 Å². The molecule has 9 nitrogen and oxygen atoms in total. The number of carbonyl (C=O) groups excluding carboxylic acids is 2. The normalized spacial score (nSPS) is 23.9. The molecule has 1 aliphatic heterocycles. The second kappa shape index (κ2) is 13.0. The van der Waals surface area contributed by atoms with Crippen LogP contribution in [-0.4, -0.2) is 90.3 Å². The number of nitrogens with one attached hydrogen (secondary N) is 1. The van der Waals surface area contributed by atoms with Crippen molar-refractivity contribution in [2.45, 2.75) is 38.0 Å². The quantitative estimate of drug-likeness (QED) is 0.551. The van der Waals surface area contributed by atoms with Crippen molar-refractivity contribution >= 4 is 18.3 Å². The van der Waals surface area contributed by atoms with Crippen molar-refractivity contribution in [3.8, 4) is 0 Å². The Morgan fingerprint density at radius 2 is 1.81 bits per heavy atom. The lowest BCUT2D eigenvalue weighted by Gasteiger charge is -2.38. The van der Waals surface area contributed by atoms with Crippen LogP contribution in [0.1, 0.15) is 24.8 Å². The van der Waals surface area contributed by atoms with Gasteiger partial charge in [0.25, 0.3) is 6.47 Å². The maximum atomic E-state index is 12.7. The zero-order valence-corrected chi connectivity index (χ0v) is 18.0. The molecule has 3 rings (SSSR count). The Morgan fingerprint density at radius 3 is 2.42 bits per heavy atom. The summed E-state index contributed by atoms with van der Waals surface area (Å²) in [6.07, 6.45) is 1.00. The third-order valence-corrected chi connectivity index (χ3v) is 5.67. The van der Waals surface area contributed by atoms with Gasteiger partial charge in [-0.3, -0.25) is 14.4 Å². The Balaban J connectivity index is 0.00000107. The van der Waals surface area contributed by atoms with E-state index in [9.17, 15) is 14.7 Å². The van der Waals surface area contributed by atoms with Crippen LogP contribution in [0.15, 0.2) is 30.3 Å². The maximum absolute atomic E-state index is 12.7. The first-order valence-electron chi connectivity index (χ1n) is 10.6. The zero-order valence-electron chi connectivity index (χ0n) is 18.0. The molecule has 0 radical (unpaired) electrons. The van der Waals surface area contributed by atoms with Gasteiger partial charge in [0.05, 0.1) is 18.8 Å². The molecule has 3 N–H and O–H groups in total. The third-order valence-electron chi connectivity index (χ3n) is 5.67. The van der Waals surface area contributed by atoms with E-state index in [1.165, 1.54) is 0 Å². The molecule has 1 saturated carbocycles. The van der Waals surface area contributed by atoms with Crippen molar-refractivity contribution in [1.29, 1.82) is 0 Å². The molecule has 3 atom stereocenters. The molecule has 0 bridgehead atoms. The number of carboxylic acid groups (broad SMARTS) is 1. The van der Waals surface area contributed by atoms with Gasteiger partial charge in [-0.05, 0) is 31.9 Å². The first-order valence-corrected chi connectivity index (χ1v) is 10.6. The largest absolute Gasteiger partial charge is 0.483 e. The van der Waals surface area contributed by atoms with E-state index in [-0.39, 0.29) is 36.9 Å². The number of carbonyl (C=O) groups is 3. The SMILES string of the molecule is CN1CCN(C(=O)[C@H]2CC[C@H](NC(=O)COCc3ccccc3)[C@@H](O)C2)CC1.O=CO. The van der Waals surface area contributed by atoms with Crippen LogP contribution in [-0.2, 0) is 25.7 Å². The summed E-state index contributed by atoms with van der Waals surface area (Å²) in [5, 5.41) is 20.2. The predicted octanol–water partition coefficient (Wildman–Crippen LogP) is 0.324. The number of benzene rings is 1. The van der Waals surface area contributed by atoms with Gasteiger partial charge in [0.15, 0.2) is 0 Å². The van der Waals surface area contributed by atoms with Gasteiger partial charge in [0.1, 0.15) is 6.61 Å². The predicted molar refractivity (Wildman–Crippen MR) is 114 cm³/mol. The molecule has 0 aromatic heterocycles. The lowest BCUT2D eigenvalue weighted by atomic mass is 9.83. The molecule has 0 spiro atoms. The van der Waals surface area contributed by atoms with Crippen LogP contribution in [0.5, 0.6) is 0 Å². The molecule has 9 heteroatoms. The molecule has 1 saturated heterocycles. The molecule has 2 amide bonds.